The Morgan fingerprint density at radius 2 is 1.62 bits per heavy atom. The van der Waals surface area contributed by atoms with Crippen molar-refractivity contribution in [2.24, 2.45) is 0 Å². The summed E-state index contributed by atoms with van der Waals surface area (Å²) in [4.78, 5) is 0. The maximum absolute atomic E-state index is 13.7. The van der Waals surface area contributed by atoms with Crippen LogP contribution in [-0.2, 0) is 0 Å². The van der Waals surface area contributed by atoms with E-state index in [2.05, 4.69) is 31.9 Å². The predicted octanol–water partition coefficient (Wildman–Crippen LogP) is 5.16. The summed E-state index contributed by atoms with van der Waals surface area (Å²) in [5.41, 5.74) is 1.04. The molecule has 0 aliphatic rings. The summed E-state index contributed by atoms with van der Waals surface area (Å²) >= 11 is 6.51. The lowest BCUT2D eigenvalue weighted by molar-refractivity contribution is 0.624. The average Bonchev–Trinajstić information content (AvgIpc) is 2.20. The molecule has 0 N–H and O–H groups in total. The van der Waals surface area contributed by atoms with Gasteiger partial charge >= 0.3 is 0 Å². The van der Waals surface area contributed by atoms with Crippen molar-refractivity contribution in [1.82, 2.24) is 0 Å². The molecule has 0 atom stereocenters. The van der Waals surface area contributed by atoms with Crippen LogP contribution in [0.5, 0.6) is 0 Å². The second-order valence-electron chi connectivity index (χ2n) is 3.22. The van der Waals surface area contributed by atoms with E-state index in [1.165, 1.54) is 18.2 Å². The number of halogens is 4. The molecule has 0 unspecified atom stereocenters. The first-order valence-corrected chi connectivity index (χ1v) is 6.07. The lowest BCUT2D eigenvalue weighted by Crippen LogP contribution is -1.88. The van der Waals surface area contributed by atoms with E-state index in [4.69, 9.17) is 0 Å². The van der Waals surface area contributed by atoms with Gasteiger partial charge in [-0.1, -0.05) is 44.0 Å². The third kappa shape index (κ3) is 2.18. The van der Waals surface area contributed by atoms with Crippen molar-refractivity contribution in [3.8, 4) is 11.1 Å². The van der Waals surface area contributed by atoms with E-state index in [1.54, 1.807) is 18.2 Å². The highest BCUT2D eigenvalue weighted by atomic mass is 79.9. The standard InChI is InChI=1S/C12H6Br2F2/c13-9-2-1-3-11(16)12(9)8-5-4-7(15)6-10(8)14/h1-6H. The lowest BCUT2D eigenvalue weighted by Gasteiger charge is -2.08. The van der Waals surface area contributed by atoms with Crippen molar-refractivity contribution in [3.05, 3.63) is 57.0 Å². The molecular weight excluding hydrogens is 342 g/mol. The molecule has 16 heavy (non-hydrogen) atoms. The first-order chi connectivity index (χ1) is 7.59. The van der Waals surface area contributed by atoms with Gasteiger partial charge in [-0.15, -0.1) is 0 Å². The minimum absolute atomic E-state index is 0.346. The van der Waals surface area contributed by atoms with Crippen molar-refractivity contribution in [2.75, 3.05) is 0 Å². The van der Waals surface area contributed by atoms with Crippen LogP contribution in [0.3, 0.4) is 0 Å². The van der Waals surface area contributed by atoms with Crippen molar-refractivity contribution >= 4 is 31.9 Å². The van der Waals surface area contributed by atoms with Gasteiger partial charge < -0.3 is 0 Å². The van der Waals surface area contributed by atoms with Gasteiger partial charge in [0.1, 0.15) is 11.6 Å². The quantitative estimate of drug-likeness (QED) is 0.668. The van der Waals surface area contributed by atoms with E-state index in [1.807, 2.05) is 0 Å². The predicted molar refractivity (Wildman–Crippen MR) is 67.2 cm³/mol. The number of rotatable bonds is 1. The van der Waals surface area contributed by atoms with E-state index in [9.17, 15) is 8.78 Å². The monoisotopic (exact) mass is 346 g/mol. The molecule has 0 spiro atoms. The summed E-state index contributed by atoms with van der Waals surface area (Å²) < 4.78 is 27.8. The zero-order valence-electron chi connectivity index (χ0n) is 7.98. The van der Waals surface area contributed by atoms with Gasteiger partial charge in [0.2, 0.25) is 0 Å². The highest BCUT2D eigenvalue weighted by Crippen LogP contribution is 2.35. The Morgan fingerprint density at radius 1 is 0.875 bits per heavy atom. The van der Waals surface area contributed by atoms with Crippen LogP contribution in [-0.4, -0.2) is 0 Å². The fourth-order valence-corrected chi connectivity index (χ4v) is 2.55. The van der Waals surface area contributed by atoms with Crippen LogP contribution in [0.2, 0.25) is 0 Å². The van der Waals surface area contributed by atoms with Gasteiger partial charge in [-0.25, -0.2) is 8.78 Å². The van der Waals surface area contributed by atoms with Crippen LogP contribution >= 0.6 is 31.9 Å². The van der Waals surface area contributed by atoms with E-state index >= 15 is 0 Å². The van der Waals surface area contributed by atoms with Crippen molar-refractivity contribution in [3.63, 3.8) is 0 Å². The van der Waals surface area contributed by atoms with Crippen molar-refractivity contribution in [2.45, 2.75) is 0 Å². The molecule has 2 aromatic carbocycles. The molecule has 82 valence electrons. The fraction of sp³-hybridized carbons (Fsp3) is 0. The summed E-state index contributed by atoms with van der Waals surface area (Å²) in [5, 5.41) is 0. The third-order valence-corrected chi connectivity index (χ3v) is 3.48. The Bertz CT molecular complexity index is 518. The van der Waals surface area contributed by atoms with Gasteiger partial charge in [0.25, 0.3) is 0 Å². The van der Waals surface area contributed by atoms with E-state index in [0.29, 0.717) is 20.1 Å². The molecule has 2 rings (SSSR count). The van der Waals surface area contributed by atoms with Crippen molar-refractivity contribution < 1.29 is 8.78 Å². The Hall–Kier alpha value is -0.740. The zero-order chi connectivity index (χ0) is 11.7. The fourth-order valence-electron chi connectivity index (χ4n) is 1.45. The molecule has 0 aliphatic carbocycles. The molecule has 0 radical (unpaired) electrons. The summed E-state index contributed by atoms with van der Waals surface area (Å²) in [6.45, 7) is 0. The molecular formula is C12H6Br2F2. The minimum Gasteiger partial charge on any atom is -0.207 e. The van der Waals surface area contributed by atoms with Gasteiger partial charge in [0.05, 0.1) is 0 Å². The van der Waals surface area contributed by atoms with E-state index in [0.717, 1.165) is 0 Å². The maximum atomic E-state index is 13.7. The Kier molecular flexibility index (Phi) is 3.40. The second-order valence-corrected chi connectivity index (χ2v) is 4.93. The Morgan fingerprint density at radius 3 is 2.25 bits per heavy atom. The normalized spacial score (nSPS) is 10.5. The molecule has 2 aromatic rings. The van der Waals surface area contributed by atoms with Gasteiger partial charge in [-0.05, 0) is 24.3 Å². The van der Waals surface area contributed by atoms with Crippen LogP contribution in [0.4, 0.5) is 8.78 Å². The zero-order valence-corrected chi connectivity index (χ0v) is 11.1. The molecule has 0 nitrogen and oxygen atoms in total. The largest absolute Gasteiger partial charge is 0.207 e. The molecule has 0 fully saturated rings. The molecule has 0 saturated heterocycles. The van der Waals surface area contributed by atoms with E-state index < -0.39 is 0 Å². The van der Waals surface area contributed by atoms with Crippen LogP contribution in [0.25, 0.3) is 11.1 Å². The first-order valence-electron chi connectivity index (χ1n) is 4.49. The van der Waals surface area contributed by atoms with Crippen LogP contribution < -0.4 is 0 Å². The summed E-state index contributed by atoms with van der Waals surface area (Å²) in [5.74, 6) is -0.704. The smallest absolute Gasteiger partial charge is 0.132 e. The van der Waals surface area contributed by atoms with Crippen LogP contribution in [0.15, 0.2) is 45.3 Å². The average molecular weight is 348 g/mol. The SMILES string of the molecule is Fc1ccc(-c2c(F)cccc2Br)c(Br)c1. The number of hydrogen-bond acceptors (Lipinski definition) is 0. The maximum Gasteiger partial charge on any atom is 0.132 e. The molecule has 0 heterocycles. The number of benzene rings is 2. The second kappa shape index (κ2) is 4.63. The van der Waals surface area contributed by atoms with E-state index in [-0.39, 0.29) is 11.6 Å². The van der Waals surface area contributed by atoms with Gasteiger partial charge in [-0.3, -0.25) is 0 Å². The summed E-state index contributed by atoms with van der Waals surface area (Å²) in [6.07, 6.45) is 0. The molecule has 0 amide bonds. The minimum atomic E-state index is -0.358. The molecule has 0 aliphatic heterocycles. The lowest BCUT2D eigenvalue weighted by atomic mass is 10.1. The Balaban J connectivity index is 2.68. The topological polar surface area (TPSA) is 0 Å². The number of hydrogen-bond donors (Lipinski definition) is 0. The molecule has 0 saturated carbocycles. The van der Waals surface area contributed by atoms with Crippen LogP contribution in [0.1, 0.15) is 0 Å². The van der Waals surface area contributed by atoms with Crippen molar-refractivity contribution in [1.29, 1.82) is 0 Å². The molecule has 0 bridgehead atoms. The first kappa shape index (κ1) is 11.7. The van der Waals surface area contributed by atoms with Gasteiger partial charge in [-0.2, -0.15) is 0 Å². The molecule has 4 heteroatoms. The third-order valence-electron chi connectivity index (χ3n) is 2.16. The Labute approximate surface area is 109 Å². The highest BCUT2D eigenvalue weighted by Gasteiger charge is 2.12. The van der Waals surface area contributed by atoms with Gasteiger partial charge in [0, 0.05) is 20.1 Å². The summed E-state index contributed by atoms with van der Waals surface area (Å²) in [6, 6.07) is 8.89. The molecule has 0 aromatic heterocycles. The summed E-state index contributed by atoms with van der Waals surface area (Å²) in [7, 11) is 0. The highest BCUT2D eigenvalue weighted by molar-refractivity contribution is 9.11. The van der Waals surface area contributed by atoms with Crippen LogP contribution in [0, 0.1) is 11.6 Å². The van der Waals surface area contributed by atoms with Gasteiger partial charge in [0.15, 0.2) is 0 Å².